The molecule has 0 aromatic heterocycles. The SMILES string of the molecule is O=[N+]([O-])c1cc(Br)c(F)cc1NCCN1CCOCC1. The first kappa shape index (κ1) is 15.1. The molecule has 0 radical (unpaired) electrons. The van der Waals surface area contributed by atoms with Crippen LogP contribution < -0.4 is 5.32 Å². The highest BCUT2D eigenvalue weighted by Gasteiger charge is 2.17. The van der Waals surface area contributed by atoms with Crippen molar-refractivity contribution in [2.75, 3.05) is 44.7 Å². The molecule has 1 aliphatic heterocycles. The molecule has 0 saturated carbocycles. The summed E-state index contributed by atoms with van der Waals surface area (Å²) in [5.74, 6) is -0.524. The Morgan fingerprint density at radius 2 is 2.15 bits per heavy atom. The van der Waals surface area contributed by atoms with Gasteiger partial charge < -0.3 is 10.1 Å². The van der Waals surface area contributed by atoms with E-state index in [0.29, 0.717) is 19.8 Å². The number of hydrogen-bond donors (Lipinski definition) is 1. The van der Waals surface area contributed by atoms with Crippen molar-refractivity contribution in [3.63, 3.8) is 0 Å². The Balaban J connectivity index is 1.97. The van der Waals surface area contributed by atoms with Gasteiger partial charge in [-0.2, -0.15) is 0 Å². The van der Waals surface area contributed by atoms with Gasteiger partial charge in [0.2, 0.25) is 0 Å². The van der Waals surface area contributed by atoms with Crippen LogP contribution in [0.1, 0.15) is 0 Å². The fourth-order valence-corrected chi connectivity index (χ4v) is 2.33. The summed E-state index contributed by atoms with van der Waals surface area (Å²) in [5, 5.41) is 13.9. The number of nitrogens with zero attached hydrogens (tertiary/aromatic N) is 2. The predicted molar refractivity (Wildman–Crippen MR) is 76.5 cm³/mol. The minimum absolute atomic E-state index is 0.0860. The van der Waals surface area contributed by atoms with E-state index in [1.54, 1.807) is 0 Å². The molecule has 2 rings (SSSR count). The first-order valence-electron chi connectivity index (χ1n) is 6.25. The summed E-state index contributed by atoms with van der Waals surface area (Å²) < 4.78 is 18.8. The molecule has 0 aliphatic carbocycles. The van der Waals surface area contributed by atoms with Gasteiger partial charge in [0.1, 0.15) is 11.5 Å². The molecule has 8 heteroatoms. The summed E-state index contributed by atoms with van der Waals surface area (Å²) in [5.41, 5.74) is 0.0595. The number of nitro benzene ring substituents is 1. The lowest BCUT2D eigenvalue weighted by atomic mass is 10.2. The van der Waals surface area contributed by atoms with E-state index in [0.717, 1.165) is 25.7 Å². The van der Waals surface area contributed by atoms with Crippen LogP contribution in [0.4, 0.5) is 15.8 Å². The second kappa shape index (κ2) is 6.96. The fourth-order valence-electron chi connectivity index (χ4n) is 2.00. The number of benzene rings is 1. The number of halogens is 2. The smallest absolute Gasteiger partial charge is 0.293 e. The zero-order chi connectivity index (χ0) is 14.5. The Morgan fingerprint density at radius 3 is 2.80 bits per heavy atom. The molecule has 110 valence electrons. The molecular weight excluding hydrogens is 333 g/mol. The molecule has 1 saturated heterocycles. The molecule has 1 heterocycles. The number of anilines is 1. The van der Waals surface area contributed by atoms with E-state index in [4.69, 9.17) is 4.74 Å². The monoisotopic (exact) mass is 347 g/mol. The van der Waals surface area contributed by atoms with Gasteiger partial charge in [0, 0.05) is 38.3 Å². The molecule has 6 nitrogen and oxygen atoms in total. The van der Waals surface area contributed by atoms with Crippen LogP contribution >= 0.6 is 15.9 Å². The third-order valence-corrected chi connectivity index (χ3v) is 3.69. The normalized spacial score (nSPS) is 16.1. The molecule has 0 amide bonds. The molecule has 0 atom stereocenters. The van der Waals surface area contributed by atoms with Crippen molar-refractivity contribution in [3.8, 4) is 0 Å². The van der Waals surface area contributed by atoms with E-state index >= 15 is 0 Å². The van der Waals surface area contributed by atoms with Crippen LogP contribution in [-0.4, -0.2) is 49.2 Å². The Kier molecular flexibility index (Phi) is 5.27. The average molecular weight is 348 g/mol. The number of ether oxygens (including phenoxy) is 1. The quantitative estimate of drug-likeness (QED) is 0.653. The van der Waals surface area contributed by atoms with Crippen molar-refractivity contribution < 1.29 is 14.1 Å². The molecule has 1 aromatic rings. The third-order valence-electron chi connectivity index (χ3n) is 3.08. The maximum atomic E-state index is 13.5. The van der Waals surface area contributed by atoms with Gasteiger partial charge in [0.15, 0.2) is 0 Å². The van der Waals surface area contributed by atoms with Crippen molar-refractivity contribution in [1.29, 1.82) is 0 Å². The van der Waals surface area contributed by atoms with Crippen molar-refractivity contribution in [3.05, 3.63) is 32.5 Å². The molecule has 1 fully saturated rings. The van der Waals surface area contributed by atoms with Crippen molar-refractivity contribution in [2.24, 2.45) is 0 Å². The maximum Gasteiger partial charge on any atom is 0.293 e. The Morgan fingerprint density at radius 1 is 1.45 bits per heavy atom. The average Bonchev–Trinajstić information content (AvgIpc) is 2.43. The molecule has 0 spiro atoms. The lowest BCUT2D eigenvalue weighted by molar-refractivity contribution is -0.384. The molecule has 20 heavy (non-hydrogen) atoms. The topological polar surface area (TPSA) is 67.6 Å². The molecule has 0 unspecified atom stereocenters. The highest BCUT2D eigenvalue weighted by molar-refractivity contribution is 9.10. The van der Waals surface area contributed by atoms with Crippen LogP contribution in [0.25, 0.3) is 0 Å². The summed E-state index contributed by atoms with van der Waals surface area (Å²) in [6.07, 6.45) is 0. The zero-order valence-electron chi connectivity index (χ0n) is 10.8. The minimum Gasteiger partial charge on any atom is -0.379 e. The predicted octanol–water partition coefficient (Wildman–Crippen LogP) is 2.24. The molecule has 0 bridgehead atoms. The number of rotatable bonds is 5. The van der Waals surface area contributed by atoms with Gasteiger partial charge in [-0.1, -0.05) is 0 Å². The zero-order valence-corrected chi connectivity index (χ0v) is 12.4. The van der Waals surface area contributed by atoms with E-state index in [-0.39, 0.29) is 15.8 Å². The van der Waals surface area contributed by atoms with Crippen LogP contribution in [0.5, 0.6) is 0 Å². The highest BCUT2D eigenvalue weighted by atomic mass is 79.9. The van der Waals surface area contributed by atoms with Gasteiger partial charge in [0.25, 0.3) is 5.69 Å². The van der Waals surface area contributed by atoms with Crippen LogP contribution in [0.2, 0.25) is 0 Å². The van der Waals surface area contributed by atoms with Gasteiger partial charge in [-0.05, 0) is 15.9 Å². The van der Waals surface area contributed by atoms with Crippen LogP contribution in [-0.2, 0) is 4.74 Å². The van der Waals surface area contributed by atoms with E-state index in [9.17, 15) is 14.5 Å². The molecule has 1 aromatic carbocycles. The summed E-state index contributed by atoms with van der Waals surface area (Å²) in [4.78, 5) is 12.6. The van der Waals surface area contributed by atoms with Crippen LogP contribution in [0, 0.1) is 15.9 Å². The molecule has 1 aliphatic rings. The number of nitrogens with one attached hydrogen (secondary N) is 1. The Bertz CT molecular complexity index is 495. The van der Waals surface area contributed by atoms with Crippen LogP contribution in [0.3, 0.4) is 0 Å². The summed E-state index contributed by atoms with van der Waals surface area (Å²) in [6, 6.07) is 2.31. The van der Waals surface area contributed by atoms with E-state index < -0.39 is 10.7 Å². The van der Waals surface area contributed by atoms with Gasteiger partial charge in [-0.15, -0.1) is 0 Å². The first-order valence-corrected chi connectivity index (χ1v) is 7.04. The summed E-state index contributed by atoms with van der Waals surface area (Å²) in [7, 11) is 0. The number of nitro groups is 1. The van der Waals surface area contributed by atoms with E-state index in [1.807, 2.05) is 0 Å². The lowest BCUT2D eigenvalue weighted by Crippen LogP contribution is -2.39. The van der Waals surface area contributed by atoms with Crippen molar-refractivity contribution in [2.45, 2.75) is 0 Å². The Hall–Kier alpha value is -1.25. The van der Waals surface area contributed by atoms with Crippen LogP contribution in [0.15, 0.2) is 16.6 Å². The van der Waals surface area contributed by atoms with Gasteiger partial charge in [-0.25, -0.2) is 4.39 Å². The van der Waals surface area contributed by atoms with E-state index in [1.165, 1.54) is 6.07 Å². The van der Waals surface area contributed by atoms with Crippen molar-refractivity contribution in [1.82, 2.24) is 4.90 Å². The fraction of sp³-hybridized carbons (Fsp3) is 0.500. The standard InChI is InChI=1S/C12H15BrFN3O3/c13-9-7-12(17(18)19)11(8-10(9)14)15-1-2-16-3-5-20-6-4-16/h7-8,15H,1-6H2. The largest absolute Gasteiger partial charge is 0.379 e. The Labute approximate surface area is 124 Å². The van der Waals surface area contributed by atoms with Gasteiger partial charge in [0.05, 0.1) is 22.6 Å². The highest BCUT2D eigenvalue weighted by Crippen LogP contribution is 2.30. The number of hydrogen-bond acceptors (Lipinski definition) is 5. The first-order chi connectivity index (χ1) is 9.58. The summed E-state index contributed by atoms with van der Waals surface area (Å²) >= 11 is 2.95. The summed E-state index contributed by atoms with van der Waals surface area (Å²) in [6.45, 7) is 4.34. The number of morpholine rings is 1. The van der Waals surface area contributed by atoms with Crippen molar-refractivity contribution >= 4 is 27.3 Å². The second-order valence-corrected chi connectivity index (χ2v) is 5.28. The minimum atomic E-state index is -0.527. The third kappa shape index (κ3) is 3.87. The maximum absolute atomic E-state index is 13.5. The van der Waals surface area contributed by atoms with Gasteiger partial charge >= 0.3 is 0 Å². The second-order valence-electron chi connectivity index (χ2n) is 4.42. The van der Waals surface area contributed by atoms with E-state index in [2.05, 4.69) is 26.1 Å². The molecular formula is C12H15BrFN3O3. The van der Waals surface area contributed by atoms with Gasteiger partial charge in [-0.3, -0.25) is 15.0 Å². The molecule has 1 N–H and O–H groups in total. The lowest BCUT2D eigenvalue weighted by Gasteiger charge is -2.26.